The first-order chi connectivity index (χ1) is 9.72. The molecule has 0 aliphatic heterocycles. The van der Waals surface area contributed by atoms with Crippen molar-refractivity contribution in [2.75, 3.05) is 5.73 Å². The van der Waals surface area contributed by atoms with Gasteiger partial charge in [-0.1, -0.05) is 36.3 Å². The molecular formula is C16H15N3O. The number of rotatable bonds is 2. The van der Waals surface area contributed by atoms with E-state index in [1.807, 2.05) is 30.3 Å². The monoisotopic (exact) mass is 265 g/mol. The molecule has 1 aliphatic carbocycles. The minimum absolute atomic E-state index is 0.453. The third-order valence-electron chi connectivity index (χ3n) is 4.03. The van der Waals surface area contributed by atoms with Gasteiger partial charge in [0.2, 0.25) is 0 Å². The minimum atomic E-state index is 0.453. The Bertz CT molecular complexity index is 793. The number of fused-ring (bicyclic) bond motifs is 1. The van der Waals surface area contributed by atoms with Crippen molar-refractivity contribution in [2.24, 2.45) is 5.92 Å². The maximum atomic E-state index is 6.12. The van der Waals surface area contributed by atoms with E-state index >= 15 is 0 Å². The smallest absolute Gasteiger partial charge is 0.260 e. The summed E-state index contributed by atoms with van der Waals surface area (Å²) in [5.74, 6) is 2.44. The summed E-state index contributed by atoms with van der Waals surface area (Å²) < 4.78 is 5.39. The third-order valence-corrected chi connectivity index (χ3v) is 4.03. The number of hydrogen-bond acceptors (Lipinski definition) is 4. The Labute approximate surface area is 116 Å². The first kappa shape index (κ1) is 11.5. The molecule has 0 radical (unpaired) electrons. The second kappa shape index (κ2) is 4.07. The number of nitrogens with two attached hydrogens (primary N) is 1. The molecule has 0 spiro atoms. The van der Waals surface area contributed by atoms with Crippen LogP contribution in [0.15, 0.2) is 40.9 Å². The number of benzene rings is 2. The Kier molecular flexibility index (Phi) is 2.33. The van der Waals surface area contributed by atoms with Gasteiger partial charge in [0.05, 0.1) is 5.56 Å². The van der Waals surface area contributed by atoms with Crippen LogP contribution in [0, 0.1) is 5.92 Å². The van der Waals surface area contributed by atoms with Gasteiger partial charge in [-0.3, -0.25) is 0 Å². The van der Waals surface area contributed by atoms with Gasteiger partial charge in [0.15, 0.2) is 5.82 Å². The highest BCUT2D eigenvalue weighted by atomic mass is 16.5. The normalized spacial score (nSPS) is 21.2. The molecule has 2 atom stereocenters. The van der Waals surface area contributed by atoms with E-state index in [4.69, 9.17) is 10.3 Å². The summed E-state index contributed by atoms with van der Waals surface area (Å²) >= 11 is 0. The molecule has 0 bridgehead atoms. The predicted octanol–water partition coefficient (Wildman–Crippen LogP) is 3.60. The van der Waals surface area contributed by atoms with Gasteiger partial charge >= 0.3 is 0 Å². The van der Waals surface area contributed by atoms with Gasteiger partial charge < -0.3 is 10.3 Å². The molecule has 3 aromatic rings. The molecule has 4 nitrogen and oxygen atoms in total. The number of anilines is 1. The molecule has 2 N–H and O–H groups in total. The largest absolute Gasteiger partial charge is 0.398 e. The van der Waals surface area contributed by atoms with Crippen LogP contribution >= 0.6 is 0 Å². The Balaban J connectivity index is 1.81. The summed E-state index contributed by atoms with van der Waals surface area (Å²) in [6.45, 7) is 2.20. The van der Waals surface area contributed by atoms with E-state index < -0.39 is 0 Å². The zero-order chi connectivity index (χ0) is 13.7. The lowest BCUT2D eigenvalue weighted by Gasteiger charge is -2.04. The summed E-state index contributed by atoms with van der Waals surface area (Å²) in [7, 11) is 0. The van der Waals surface area contributed by atoms with Crippen LogP contribution in [0.4, 0.5) is 5.69 Å². The Morgan fingerprint density at radius 3 is 2.60 bits per heavy atom. The minimum Gasteiger partial charge on any atom is -0.398 e. The van der Waals surface area contributed by atoms with Crippen LogP contribution in [0.5, 0.6) is 0 Å². The molecule has 1 aliphatic rings. The van der Waals surface area contributed by atoms with Crippen molar-refractivity contribution in [3.63, 3.8) is 0 Å². The number of hydrogen-bond donors (Lipinski definition) is 1. The first-order valence-corrected chi connectivity index (χ1v) is 6.84. The molecule has 0 amide bonds. The van der Waals surface area contributed by atoms with Crippen molar-refractivity contribution in [1.29, 1.82) is 0 Å². The zero-order valence-electron chi connectivity index (χ0n) is 11.2. The van der Waals surface area contributed by atoms with Gasteiger partial charge in [0, 0.05) is 11.6 Å². The Hall–Kier alpha value is -2.36. The van der Waals surface area contributed by atoms with Crippen LogP contribution < -0.4 is 5.73 Å². The fourth-order valence-electron chi connectivity index (χ4n) is 2.62. The standard InChI is InChI=1S/C16H15N3O/c1-9-6-12(9)15-18-16(20-19-15)13-7-10-4-2-3-5-11(10)8-14(13)17/h2-5,7-9,12H,6,17H2,1H3. The predicted molar refractivity (Wildman–Crippen MR) is 78.2 cm³/mol. The van der Waals surface area contributed by atoms with E-state index in [9.17, 15) is 0 Å². The van der Waals surface area contributed by atoms with Gasteiger partial charge in [-0.2, -0.15) is 4.98 Å². The SMILES string of the molecule is CC1CC1c1noc(-c2cc3ccccc3cc2N)n1. The lowest BCUT2D eigenvalue weighted by molar-refractivity contribution is 0.422. The number of nitrogens with zero attached hydrogens (tertiary/aromatic N) is 2. The van der Waals surface area contributed by atoms with E-state index in [1.165, 1.54) is 0 Å². The summed E-state index contributed by atoms with van der Waals surface area (Å²) in [5.41, 5.74) is 7.60. The summed E-state index contributed by atoms with van der Waals surface area (Å²) in [6.07, 6.45) is 1.15. The fourth-order valence-corrected chi connectivity index (χ4v) is 2.62. The average Bonchev–Trinajstić information content (AvgIpc) is 3.00. The molecule has 2 aromatic carbocycles. The van der Waals surface area contributed by atoms with Crippen LogP contribution in [-0.4, -0.2) is 10.1 Å². The average molecular weight is 265 g/mol. The van der Waals surface area contributed by atoms with Crippen LogP contribution in [0.2, 0.25) is 0 Å². The zero-order valence-corrected chi connectivity index (χ0v) is 11.2. The number of nitrogen functional groups attached to an aromatic ring is 1. The summed E-state index contributed by atoms with van der Waals surface area (Å²) in [4.78, 5) is 4.50. The van der Waals surface area contributed by atoms with Crippen molar-refractivity contribution in [1.82, 2.24) is 10.1 Å². The van der Waals surface area contributed by atoms with Crippen LogP contribution in [0.25, 0.3) is 22.2 Å². The van der Waals surface area contributed by atoms with Crippen LogP contribution in [0.3, 0.4) is 0 Å². The lowest BCUT2D eigenvalue weighted by Crippen LogP contribution is -1.91. The van der Waals surface area contributed by atoms with Crippen molar-refractivity contribution in [3.8, 4) is 11.5 Å². The van der Waals surface area contributed by atoms with Crippen molar-refractivity contribution >= 4 is 16.5 Å². The molecule has 0 saturated heterocycles. The molecule has 1 fully saturated rings. The molecule has 1 heterocycles. The van der Waals surface area contributed by atoms with E-state index in [-0.39, 0.29) is 0 Å². The molecular weight excluding hydrogens is 250 g/mol. The molecule has 4 heteroatoms. The van der Waals surface area contributed by atoms with Gasteiger partial charge in [-0.05, 0) is 35.2 Å². The quantitative estimate of drug-likeness (QED) is 0.719. The molecule has 100 valence electrons. The highest BCUT2D eigenvalue weighted by Gasteiger charge is 2.38. The number of aromatic nitrogens is 2. The highest BCUT2D eigenvalue weighted by Crippen LogP contribution is 2.46. The molecule has 2 unspecified atom stereocenters. The topological polar surface area (TPSA) is 64.9 Å². The lowest BCUT2D eigenvalue weighted by atomic mass is 10.1. The maximum absolute atomic E-state index is 6.12. The van der Waals surface area contributed by atoms with E-state index in [1.54, 1.807) is 0 Å². The van der Waals surface area contributed by atoms with Crippen molar-refractivity contribution in [2.45, 2.75) is 19.3 Å². The first-order valence-electron chi connectivity index (χ1n) is 6.84. The van der Waals surface area contributed by atoms with Gasteiger partial charge in [0.25, 0.3) is 5.89 Å². The van der Waals surface area contributed by atoms with E-state index in [2.05, 4.69) is 23.1 Å². The molecule has 4 rings (SSSR count). The third kappa shape index (κ3) is 1.76. The summed E-state index contributed by atoms with van der Waals surface area (Å²) in [5, 5.41) is 6.32. The second-order valence-corrected chi connectivity index (χ2v) is 5.56. The van der Waals surface area contributed by atoms with E-state index in [0.717, 1.165) is 28.6 Å². The molecule has 1 saturated carbocycles. The van der Waals surface area contributed by atoms with Gasteiger partial charge in [-0.25, -0.2) is 0 Å². The second-order valence-electron chi connectivity index (χ2n) is 5.56. The maximum Gasteiger partial charge on any atom is 0.260 e. The van der Waals surface area contributed by atoms with Crippen LogP contribution in [0.1, 0.15) is 25.1 Å². The molecule has 20 heavy (non-hydrogen) atoms. The van der Waals surface area contributed by atoms with Crippen molar-refractivity contribution < 1.29 is 4.52 Å². The van der Waals surface area contributed by atoms with Crippen molar-refractivity contribution in [3.05, 3.63) is 42.2 Å². The van der Waals surface area contributed by atoms with Crippen LogP contribution in [-0.2, 0) is 0 Å². The Morgan fingerprint density at radius 1 is 1.20 bits per heavy atom. The molecule has 1 aromatic heterocycles. The fraction of sp³-hybridized carbons (Fsp3) is 0.250. The van der Waals surface area contributed by atoms with Gasteiger partial charge in [-0.15, -0.1) is 0 Å². The summed E-state index contributed by atoms with van der Waals surface area (Å²) in [6, 6.07) is 12.1. The Morgan fingerprint density at radius 2 is 1.90 bits per heavy atom. The highest BCUT2D eigenvalue weighted by molar-refractivity contribution is 5.92. The van der Waals surface area contributed by atoms with E-state index in [0.29, 0.717) is 23.4 Å². The van der Waals surface area contributed by atoms with Gasteiger partial charge in [0.1, 0.15) is 0 Å².